The maximum Gasteiger partial charge on any atom is 0.416 e. The average Bonchev–Trinajstić information content (AvgIpc) is 2.90. The summed E-state index contributed by atoms with van der Waals surface area (Å²) in [6.45, 7) is 3.72. The molecule has 0 aliphatic carbocycles. The molecule has 2 heterocycles. The summed E-state index contributed by atoms with van der Waals surface area (Å²) >= 11 is 1.62. The average molecular weight is 340 g/mol. The molecule has 1 N–H and O–H groups in total. The van der Waals surface area contributed by atoms with E-state index in [2.05, 4.69) is 21.7 Å². The van der Waals surface area contributed by atoms with Crippen molar-refractivity contribution in [1.29, 1.82) is 0 Å². The fourth-order valence-corrected chi connectivity index (χ4v) is 3.70. The molecule has 0 bridgehead atoms. The van der Waals surface area contributed by atoms with E-state index in [1.54, 1.807) is 23.5 Å². The zero-order chi connectivity index (χ0) is 16.3. The van der Waals surface area contributed by atoms with Crippen LogP contribution in [0.4, 0.5) is 13.2 Å². The SMILES string of the molecule is FC(F)(F)c1ccc(C(c2ccsc2)N2CCCNCC2)cc1. The standard InChI is InChI=1S/C17H19F3N2S/c18-17(19,20)15-4-2-13(3-5-15)16(14-6-11-23-12-14)22-9-1-7-21-8-10-22/h2-6,11-12,16,21H,1,7-10H2. The van der Waals surface area contributed by atoms with E-state index in [9.17, 15) is 13.2 Å². The van der Waals surface area contributed by atoms with Crippen molar-refractivity contribution in [3.05, 3.63) is 57.8 Å². The minimum atomic E-state index is -4.29. The van der Waals surface area contributed by atoms with Gasteiger partial charge in [-0.3, -0.25) is 4.90 Å². The molecule has 1 saturated heterocycles. The summed E-state index contributed by atoms with van der Waals surface area (Å²) in [5.41, 5.74) is 1.47. The van der Waals surface area contributed by atoms with Crippen molar-refractivity contribution < 1.29 is 13.2 Å². The molecular weight excluding hydrogens is 321 g/mol. The fourth-order valence-electron chi connectivity index (χ4n) is 3.02. The lowest BCUT2D eigenvalue weighted by Crippen LogP contribution is -2.32. The van der Waals surface area contributed by atoms with E-state index in [-0.39, 0.29) is 6.04 Å². The lowest BCUT2D eigenvalue weighted by Gasteiger charge is -2.30. The predicted molar refractivity (Wildman–Crippen MR) is 86.7 cm³/mol. The van der Waals surface area contributed by atoms with Gasteiger partial charge in [0.2, 0.25) is 0 Å². The number of halogens is 3. The van der Waals surface area contributed by atoms with Crippen LogP contribution >= 0.6 is 11.3 Å². The predicted octanol–water partition coefficient (Wildman–Crippen LogP) is 4.15. The second-order valence-electron chi connectivity index (χ2n) is 5.72. The number of nitrogens with zero attached hydrogens (tertiary/aromatic N) is 1. The van der Waals surface area contributed by atoms with Gasteiger partial charge in [-0.25, -0.2) is 0 Å². The van der Waals surface area contributed by atoms with Crippen molar-refractivity contribution >= 4 is 11.3 Å². The third-order valence-electron chi connectivity index (χ3n) is 4.15. The first kappa shape index (κ1) is 16.5. The van der Waals surface area contributed by atoms with Gasteiger partial charge in [-0.05, 0) is 53.1 Å². The van der Waals surface area contributed by atoms with E-state index < -0.39 is 11.7 Å². The van der Waals surface area contributed by atoms with Gasteiger partial charge in [0.15, 0.2) is 0 Å². The van der Waals surface area contributed by atoms with Crippen molar-refractivity contribution in [2.45, 2.75) is 18.6 Å². The second kappa shape index (κ2) is 7.03. The highest BCUT2D eigenvalue weighted by atomic mass is 32.1. The first-order valence-electron chi connectivity index (χ1n) is 7.70. The van der Waals surface area contributed by atoms with Crippen LogP contribution in [-0.4, -0.2) is 31.1 Å². The number of rotatable bonds is 3. The Hall–Kier alpha value is -1.37. The summed E-state index contributed by atoms with van der Waals surface area (Å²) < 4.78 is 38.4. The van der Waals surface area contributed by atoms with Crippen LogP contribution in [0.1, 0.15) is 29.2 Å². The highest BCUT2D eigenvalue weighted by Crippen LogP contribution is 2.34. The Morgan fingerprint density at radius 2 is 1.78 bits per heavy atom. The van der Waals surface area contributed by atoms with Gasteiger partial charge in [0, 0.05) is 19.6 Å². The Labute approximate surface area is 137 Å². The minimum absolute atomic E-state index is 0.0171. The van der Waals surface area contributed by atoms with Crippen LogP contribution in [0.25, 0.3) is 0 Å². The Bertz CT molecular complexity index is 600. The molecule has 0 radical (unpaired) electrons. The molecular formula is C17H19F3N2S. The Morgan fingerprint density at radius 1 is 1.00 bits per heavy atom. The molecule has 3 rings (SSSR count). The van der Waals surface area contributed by atoms with Crippen LogP contribution in [-0.2, 0) is 6.18 Å². The number of thiophene rings is 1. The molecule has 2 aromatic rings. The zero-order valence-electron chi connectivity index (χ0n) is 12.6. The molecule has 1 aromatic carbocycles. The zero-order valence-corrected chi connectivity index (χ0v) is 13.5. The van der Waals surface area contributed by atoms with Gasteiger partial charge in [-0.2, -0.15) is 24.5 Å². The molecule has 0 spiro atoms. The van der Waals surface area contributed by atoms with Crippen molar-refractivity contribution in [1.82, 2.24) is 10.2 Å². The maximum atomic E-state index is 12.8. The topological polar surface area (TPSA) is 15.3 Å². The first-order chi connectivity index (χ1) is 11.1. The first-order valence-corrected chi connectivity index (χ1v) is 8.64. The highest BCUT2D eigenvalue weighted by Gasteiger charge is 2.31. The van der Waals surface area contributed by atoms with Gasteiger partial charge in [0.05, 0.1) is 11.6 Å². The van der Waals surface area contributed by atoms with Crippen LogP contribution in [0.5, 0.6) is 0 Å². The molecule has 0 amide bonds. The molecule has 124 valence electrons. The molecule has 1 atom stereocenters. The van der Waals surface area contributed by atoms with Crippen molar-refractivity contribution in [2.24, 2.45) is 0 Å². The van der Waals surface area contributed by atoms with E-state index in [0.717, 1.165) is 43.7 Å². The van der Waals surface area contributed by atoms with Crippen LogP contribution in [0.3, 0.4) is 0 Å². The smallest absolute Gasteiger partial charge is 0.315 e. The van der Waals surface area contributed by atoms with Gasteiger partial charge in [0.25, 0.3) is 0 Å². The summed E-state index contributed by atoms with van der Waals surface area (Å²) in [4.78, 5) is 2.35. The van der Waals surface area contributed by atoms with E-state index in [1.807, 2.05) is 5.38 Å². The minimum Gasteiger partial charge on any atom is -0.315 e. The molecule has 2 nitrogen and oxygen atoms in total. The molecule has 0 saturated carbocycles. The van der Waals surface area contributed by atoms with E-state index in [1.165, 1.54) is 12.1 Å². The lowest BCUT2D eigenvalue weighted by molar-refractivity contribution is -0.137. The lowest BCUT2D eigenvalue weighted by atomic mass is 9.98. The number of hydrogen-bond acceptors (Lipinski definition) is 3. The largest absolute Gasteiger partial charge is 0.416 e. The number of benzene rings is 1. The third kappa shape index (κ3) is 3.94. The van der Waals surface area contributed by atoms with Gasteiger partial charge in [-0.15, -0.1) is 0 Å². The molecule has 1 aliphatic rings. The molecule has 6 heteroatoms. The van der Waals surface area contributed by atoms with Gasteiger partial charge in [0.1, 0.15) is 0 Å². The van der Waals surface area contributed by atoms with Gasteiger partial charge in [-0.1, -0.05) is 12.1 Å². The Kier molecular flexibility index (Phi) is 5.04. The number of hydrogen-bond donors (Lipinski definition) is 1. The molecule has 1 aromatic heterocycles. The number of alkyl halides is 3. The van der Waals surface area contributed by atoms with Crippen molar-refractivity contribution in [3.8, 4) is 0 Å². The quantitative estimate of drug-likeness (QED) is 0.903. The maximum absolute atomic E-state index is 12.8. The third-order valence-corrected chi connectivity index (χ3v) is 4.85. The molecule has 1 aliphatic heterocycles. The second-order valence-corrected chi connectivity index (χ2v) is 6.50. The van der Waals surface area contributed by atoms with Crippen LogP contribution in [0.2, 0.25) is 0 Å². The van der Waals surface area contributed by atoms with Crippen LogP contribution in [0.15, 0.2) is 41.1 Å². The van der Waals surface area contributed by atoms with Crippen LogP contribution < -0.4 is 5.32 Å². The normalized spacial score (nSPS) is 18.6. The molecule has 1 fully saturated rings. The highest BCUT2D eigenvalue weighted by molar-refractivity contribution is 7.08. The fraction of sp³-hybridized carbons (Fsp3) is 0.412. The van der Waals surface area contributed by atoms with E-state index >= 15 is 0 Å². The summed E-state index contributed by atoms with van der Waals surface area (Å²) in [5, 5.41) is 7.47. The monoisotopic (exact) mass is 340 g/mol. The summed E-state index contributed by atoms with van der Waals surface area (Å²) in [6.07, 6.45) is -3.25. The van der Waals surface area contributed by atoms with Crippen LogP contribution in [0, 0.1) is 0 Å². The van der Waals surface area contributed by atoms with E-state index in [4.69, 9.17) is 0 Å². The Morgan fingerprint density at radius 3 is 2.43 bits per heavy atom. The van der Waals surface area contributed by atoms with Gasteiger partial charge >= 0.3 is 6.18 Å². The molecule has 1 unspecified atom stereocenters. The van der Waals surface area contributed by atoms with E-state index in [0.29, 0.717) is 0 Å². The summed E-state index contributed by atoms with van der Waals surface area (Å²) in [5.74, 6) is 0. The van der Waals surface area contributed by atoms with Crippen molar-refractivity contribution in [2.75, 3.05) is 26.2 Å². The molecule has 23 heavy (non-hydrogen) atoms. The number of nitrogens with one attached hydrogen (secondary N) is 1. The Balaban J connectivity index is 1.92. The summed E-state index contributed by atoms with van der Waals surface area (Å²) in [7, 11) is 0. The van der Waals surface area contributed by atoms with Gasteiger partial charge < -0.3 is 5.32 Å². The summed E-state index contributed by atoms with van der Waals surface area (Å²) in [6, 6.07) is 7.68. The van der Waals surface area contributed by atoms with Crippen molar-refractivity contribution in [3.63, 3.8) is 0 Å².